The summed E-state index contributed by atoms with van der Waals surface area (Å²) in [6, 6.07) is 20.2. The van der Waals surface area contributed by atoms with Gasteiger partial charge in [0, 0.05) is 35.5 Å². The molecular formula is C20H14N4O4. The zero-order valence-corrected chi connectivity index (χ0v) is 14.6. The molecule has 0 unspecified atom stereocenters. The summed E-state index contributed by atoms with van der Waals surface area (Å²) in [5.41, 5.74) is 3.43. The normalized spacial score (nSPS) is 14.1. The maximum absolute atomic E-state index is 10.9. The van der Waals surface area contributed by atoms with Gasteiger partial charge in [-0.05, 0) is 29.8 Å². The van der Waals surface area contributed by atoms with Crippen LogP contribution in [0.3, 0.4) is 0 Å². The van der Waals surface area contributed by atoms with Crippen molar-refractivity contribution in [1.82, 2.24) is 0 Å². The highest BCUT2D eigenvalue weighted by molar-refractivity contribution is 6.14. The van der Waals surface area contributed by atoms with Gasteiger partial charge in [0.25, 0.3) is 11.4 Å². The summed E-state index contributed by atoms with van der Waals surface area (Å²) in [5, 5.41) is 21.8. The average molecular weight is 374 g/mol. The van der Waals surface area contributed by atoms with E-state index >= 15 is 0 Å². The van der Waals surface area contributed by atoms with Crippen LogP contribution in [0.5, 0.6) is 0 Å². The highest BCUT2D eigenvalue weighted by Gasteiger charge is 2.26. The van der Waals surface area contributed by atoms with E-state index in [0.717, 1.165) is 16.8 Å². The second-order valence-electron chi connectivity index (χ2n) is 6.23. The number of hydrogen-bond donors (Lipinski definition) is 0. The molecule has 0 aromatic heterocycles. The number of non-ortho nitro benzene ring substituents is 2. The van der Waals surface area contributed by atoms with Crippen LogP contribution >= 0.6 is 0 Å². The van der Waals surface area contributed by atoms with E-state index < -0.39 is 9.85 Å². The zero-order valence-electron chi connectivity index (χ0n) is 14.6. The molecule has 4 rings (SSSR count). The summed E-state index contributed by atoms with van der Waals surface area (Å²) < 4.78 is 0. The topological polar surface area (TPSA) is 102 Å². The summed E-state index contributed by atoms with van der Waals surface area (Å²) in [6.07, 6.45) is 0. The van der Waals surface area contributed by atoms with Crippen molar-refractivity contribution >= 4 is 28.6 Å². The molecule has 138 valence electrons. The van der Waals surface area contributed by atoms with E-state index in [9.17, 15) is 20.2 Å². The number of rotatable bonds is 4. The molecule has 0 amide bonds. The molecule has 0 radical (unpaired) electrons. The van der Waals surface area contributed by atoms with Gasteiger partial charge in [0.1, 0.15) is 5.84 Å². The quantitative estimate of drug-likeness (QED) is 0.490. The molecule has 0 bridgehead atoms. The van der Waals surface area contributed by atoms with Gasteiger partial charge in [-0.1, -0.05) is 24.3 Å². The van der Waals surface area contributed by atoms with Crippen molar-refractivity contribution in [3.05, 3.63) is 104 Å². The number of nitro groups is 2. The summed E-state index contributed by atoms with van der Waals surface area (Å²) in [5.74, 6) is 0.693. The lowest BCUT2D eigenvalue weighted by molar-refractivity contribution is -0.385. The molecule has 8 heteroatoms. The molecule has 0 atom stereocenters. The number of fused-ring (bicyclic) bond motifs is 1. The van der Waals surface area contributed by atoms with E-state index in [2.05, 4.69) is 0 Å². The highest BCUT2D eigenvalue weighted by atomic mass is 16.6. The average Bonchev–Trinajstić information content (AvgIpc) is 3.07. The van der Waals surface area contributed by atoms with Crippen LogP contribution in [-0.4, -0.2) is 15.7 Å². The van der Waals surface area contributed by atoms with Crippen molar-refractivity contribution in [2.45, 2.75) is 6.54 Å². The molecular weight excluding hydrogens is 360 g/mol. The van der Waals surface area contributed by atoms with Gasteiger partial charge in [0.15, 0.2) is 0 Å². The minimum absolute atomic E-state index is 0.00278. The molecule has 3 aromatic rings. The minimum Gasteiger partial charge on any atom is -0.321 e. The van der Waals surface area contributed by atoms with Gasteiger partial charge in [-0.3, -0.25) is 20.2 Å². The fraction of sp³-hybridized carbons (Fsp3) is 0.0500. The van der Waals surface area contributed by atoms with Crippen molar-refractivity contribution in [2.75, 3.05) is 4.90 Å². The standard InChI is InChI=1S/C20H14N4O4/c25-23(26)17-7-5-15(6-8-17)21-20-19-4-2-1-3-14(19)13-22(20)16-9-11-18(12-10-16)24(27)28/h1-12H,13H2. The van der Waals surface area contributed by atoms with Crippen LogP contribution in [0.15, 0.2) is 77.8 Å². The van der Waals surface area contributed by atoms with Gasteiger partial charge in [0.05, 0.1) is 22.1 Å². The molecule has 0 spiro atoms. The number of benzene rings is 3. The molecule has 1 heterocycles. The molecule has 0 N–H and O–H groups in total. The zero-order chi connectivity index (χ0) is 19.7. The smallest absolute Gasteiger partial charge is 0.269 e. The summed E-state index contributed by atoms with van der Waals surface area (Å²) in [6.45, 7) is 0.583. The first-order valence-electron chi connectivity index (χ1n) is 8.46. The Balaban J connectivity index is 1.75. The van der Waals surface area contributed by atoms with Crippen molar-refractivity contribution < 1.29 is 9.85 Å². The maximum Gasteiger partial charge on any atom is 0.269 e. The largest absolute Gasteiger partial charge is 0.321 e. The maximum atomic E-state index is 10.9. The van der Waals surface area contributed by atoms with E-state index in [4.69, 9.17) is 4.99 Å². The van der Waals surface area contributed by atoms with Gasteiger partial charge in [-0.2, -0.15) is 0 Å². The van der Waals surface area contributed by atoms with Gasteiger partial charge in [-0.15, -0.1) is 0 Å². The van der Waals surface area contributed by atoms with Crippen LogP contribution in [-0.2, 0) is 6.54 Å². The Hall–Kier alpha value is -4.07. The molecule has 0 aliphatic carbocycles. The Bertz CT molecular complexity index is 1090. The Morgan fingerprint density at radius 2 is 1.36 bits per heavy atom. The molecule has 0 fully saturated rings. The third-order valence-corrected chi connectivity index (χ3v) is 4.51. The predicted octanol–water partition coefficient (Wildman–Crippen LogP) is 4.60. The fourth-order valence-electron chi connectivity index (χ4n) is 3.13. The van der Waals surface area contributed by atoms with E-state index in [-0.39, 0.29) is 11.4 Å². The van der Waals surface area contributed by atoms with Crippen LogP contribution in [0.4, 0.5) is 22.7 Å². The van der Waals surface area contributed by atoms with Crippen molar-refractivity contribution in [3.63, 3.8) is 0 Å². The van der Waals surface area contributed by atoms with Gasteiger partial charge >= 0.3 is 0 Å². The van der Waals surface area contributed by atoms with Gasteiger partial charge in [-0.25, -0.2) is 4.99 Å². The summed E-state index contributed by atoms with van der Waals surface area (Å²) in [4.78, 5) is 27.5. The number of amidine groups is 1. The van der Waals surface area contributed by atoms with Crippen LogP contribution in [0.25, 0.3) is 0 Å². The van der Waals surface area contributed by atoms with E-state index in [1.165, 1.54) is 24.3 Å². The fourth-order valence-corrected chi connectivity index (χ4v) is 3.13. The molecule has 0 saturated heterocycles. The third-order valence-electron chi connectivity index (χ3n) is 4.51. The minimum atomic E-state index is -0.453. The summed E-state index contributed by atoms with van der Waals surface area (Å²) in [7, 11) is 0. The first-order valence-corrected chi connectivity index (χ1v) is 8.46. The molecule has 1 aliphatic rings. The first-order chi connectivity index (χ1) is 13.5. The lowest BCUT2D eigenvalue weighted by atomic mass is 10.1. The van der Waals surface area contributed by atoms with E-state index in [0.29, 0.717) is 18.1 Å². The summed E-state index contributed by atoms with van der Waals surface area (Å²) >= 11 is 0. The monoisotopic (exact) mass is 374 g/mol. The van der Waals surface area contributed by atoms with Crippen molar-refractivity contribution in [1.29, 1.82) is 0 Å². The first kappa shape index (κ1) is 17.3. The Labute approximate surface area is 159 Å². The lowest BCUT2D eigenvalue weighted by Gasteiger charge is -2.19. The van der Waals surface area contributed by atoms with Gasteiger partial charge < -0.3 is 4.90 Å². The van der Waals surface area contributed by atoms with E-state index in [1.54, 1.807) is 24.3 Å². The highest BCUT2D eigenvalue weighted by Crippen LogP contribution is 2.31. The molecule has 0 saturated carbocycles. The van der Waals surface area contributed by atoms with Gasteiger partial charge in [0.2, 0.25) is 0 Å². The predicted molar refractivity (Wildman–Crippen MR) is 105 cm³/mol. The van der Waals surface area contributed by atoms with Crippen LogP contribution in [0.2, 0.25) is 0 Å². The van der Waals surface area contributed by atoms with Crippen molar-refractivity contribution in [2.24, 2.45) is 4.99 Å². The number of hydrogen-bond acceptors (Lipinski definition) is 5. The SMILES string of the molecule is O=[N+]([O-])c1ccc(N=C2c3ccccc3CN2c2ccc([N+](=O)[O-])cc2)cc1. The Morgan fingerprint density at radius 1 is 0.786 bits per heavy atom. The Kier molecular flexibility index (Phi) is 4.29. The van der Waals surface area contributed by atoms with Crippen LogP contribution < -0.4 is 4.90 Å². The molecule has 28 heavy (non-hydrogen) atoms. The third kappa shape index (κ3) is 3.18. The second kappa shape index (κ2) is 6.92. The number of anilines is 1. The Morgan fingerprint density at radius 3 is 1.96 bits per heavy atom. The molecule has 3 aromatic carbocycles. The lowest BCUT2D eigenvalue weighted by Crippen LogP contribution is -2.23. The number of nitrogens with zero attached hydrogens (tertiary/aromatic N) is 4. The molecule has 8 nitrogen and oxygen atoms in total. The molecule has 1 aliphatic heterocycles. The van der Waals surface area contributed by atoms with Crippen LogP contribution in [0, 0.1) is 20.2 Å². The van der Waals surface area contributed by atoms with Crippen LogP contribution in [0.1, 0.15) is 11.1 Å². The van der Waals surface area contributed by atoms with E-state index in [1.807, 2.05) is 29.2 Å². The second-order valence-corrected chi connectivity index (χ2v) is 6.23. The number of aliphatic imine (C=N–C) groups is 1. The number of nitro benzene ring substituents is 2. The van der Waals surface area contributed by atoms with Crippen molar-refractivity contribution in [3.8, 4) is 0 Å².